The molecule has 0 saturated heterocycles. The molecule has 0 spiro atoms. The Hall–Kier alpha value is -4.40. The summed E-state index contributed by atoms with van der Waals surface area (Å²) in [5.74, 6) is 1.39. The van der Waals surface area contributed by atoms with Gasteiger partial charge in [-0.1, -0.05) is 24.3 Å². The SMILES string of the molecule is CNC(=O)C1=C(C)Nc2nc3ccccc3n2[C@H]1c1ccc(-c2cccc([N+](=O)[O-])c2C)o1. The minimum atomic E-state index is -0.568. The lowest BCUT2D eigenvalue weighted by Gasteiger charge is -2.28. The molecular weight excluding hydrogens is 422 g/mol. The van der Waals surface area contributed by atoms with E-state index in [2.05, 4.69) is 15.6 Å². The highest BCUT2D eigenvalue weighted by atomic mass is 16.6. The lowest BCUT2D eigenvalue weighted by molar-refractivity contribution is -0.385. The minimum absolute atomic E-state index is 0.0250. The Kier molecular flexibility index (Phi) is 4.74. The van der Waals surface area contributed by atoms with Crippen molar-refractivity contribution >= 4 is 28.6 Å². The summed E-state index contributed by atoms with van der Waals surface area (Å²) in [6, 6.07) is 15.6. The predicted octanol–water partition coefficient (Wildman–Crippen LogP) is 4.55. The first-order valence-corrected chi connectivity index (χ1v) is 10.4. The number of amides is 1. The molecule has 5 rings (SSSR count). The highest BCUT2D eigenvalue weighted by molar-refractivity contribution is 5.97. The van der Waals surface area contributed by atoms with Crippen LogP contribution in [0.1, 0.15) is 24.3 Å². The summed E-state index contributed by atoms with van der Waals surface area (Å²) in [5.41, 5.74) is 3.98. The van der Waals surface area contributed by atoms with Gasteiger partial charge in [0.1, 0.15) is 17.6 Å². The second-order valence-electron chi connectivity index (χ2n) is 7.85. The van der Waals surface area contributed by atoms with Crippen LogP contribution in [0, 0.1) is 17.0 Å². The van der Waals surface area contributed by atoms with Crippen molar-refractivity contribution in [3.63, 3.8) is 0 Å². The number of hydrogen-bond acceptors (Lipinski definition) is 6. The zero-order valence-corrected chi connectivity index (χ0v) is 18.2. The van der Waals surface area contributed by atoms with Crippen LogP contribution in [0.25, 0.3) is 22.4 Å². The fraction of sp³-hybridized carbons (Fsp3) is 0.167. The number of carbonyl (C=O) groups excluding carboxylic acids is 1. The van der Waals surface area contributed by atoms with Gasteiger partial charge in [0.2, 0.25) is 5.95 Å². The number of imidazole rings is 1. The Balaban J connectivity index is 1.70. The van der Waals surface area contributed by atoms with Crippen LogP contribution < -0.4 is 10.6 Å². The van der Waals surface area contributed by atoms with E-state index >= 15 is 0 Å². The van der Waals surface area contributed by atoms with E-state index < -0.39 is 11.0 Å². The standard InChI is InChI=1S/C24H21N5O4/c1-13-15(7-6-10-17(13)29(31)32)19-11-12-20(33-19)22-21(23(30)25-3)14(2)26-24-27-16-8-4-5-9-18(16)28(22)24/h4-12,22H,1-3H3,(H,25,30)(H,26,27)/t22-/m0/s1. The quantitative estimate of drug-likeness (QED) is 0.353. The van der Waals surface area contributed by atoms with Crippen LogP contribution in [0.3, 0.4) is 0 Å². The maximum absolute atomic E-state index is 12.9. The maximum atomic E-state index is 12.9. The maximum Gasteiger partial charge on any atom is 0.273 e. The van der Waals surface area contributed by atoms with Gasteiger partial charge in [-0.3, -0.25) is 19.5 Å². The third kappa shape index (κ3) is 3.16. The zero-order valence-electron chi connectivity index (χ0n) is 18.2. The van der Waals surface area contributed by atoms with Gasteiger partial charge in [-0.15, -0.1) is 0 Å². The number of hydrogen-bond donors (Lipinski definition) is 2. The van der Waals surface area contributed by atoms with Gasteiger partial charge in [-0.05, 0) is 38.1 Å². The van der Waals surface area contributed by atoms with Gasteiger partial charge in [0.05, 0.1) is 21.5 Å². The number of fused-ring (bicyclic) bond motifs is 3. The number of nitrogens with one attached hydrogen (secondary N) is 2. The largest absolute Gasteiger partial charge is 0.458 e. The number of rotatable bonds is 4. The van der Waals surface area contributed by atoms with Crippen molar-refractivity contribution in [3.05, 3.63) is 87.3 Å². The molecule has 2 aromatic carbocycles. The van der Waals surface area contributed by atoms with Crippen molar-refractivity contribution in [2.45, 2.75) is 19.9 Å². The first kappa shape index (κ1) is 20.5. The molecule has 1 atom stereocenters. The average Bonchev–Trinajstić information content (AvgIpc) is 3.42. The van der Waals surface area contributed by atoms with Gasteiger partial charge < -0.3 is 15.1 Å². The molecule has 0 fully saturated rings. The Morgan fingerprint density at radius 1 is 1.15 bits per heavy atom. The molecule has 9 heteroatoms. The zero-order chi connectivity index (χ0) is 23.3. The molecule has 0 aliphatic carbocycles. The Morgan fingerprint density at radius 3 is 2.70 bits per heavy atom. The predicted molar refractivity (Wildman–Crippen MR) is 124 cm³/mol. The summed E-state index contributed by atoms with van der Waals surface area (Å²) in [6.07, 6.45) is 0. The molecule has 166 valence electrons. The van der Waals surface area contributed by atoms with E-state index in [4.69, 9.17) is 4.42 Å². The van der Waals surface area contributed by atoms with Crippen LogP contribution in [-0.4, -0.2) is 27.4 Å². The lowest BCUT2D eigenvalue weighted by atomic mass is 9.99. The van der Waals surface area contributed by atoms with E-state index in [0.717, 1.165) is 11.0 Å². The van der Waals surface area contributed by atoms with Crippen molar-refractivity contribution in [2.75, 3.05) is 12.4 Å². The van der Waals surface area contributed by atoms with Gasteiger partial charge in [0.15, 0.2) is 0 Å². The molecule has 4 aromatic rings. The van der Waals surface area contributed by atoms with Crippen LogP contribution in [0.2, 0.25) is 0 Å². The van der Waals surface area contributed by atoms with Crippen LogP contribution >= 0.6 is 0 Å². The number of anilines is 1. The van der Waals surface area contributed by atoms with E-state index in [9.17, 15) is 14.9 Å². The van der Waals surface area contributed by atoms with E-state index in [-0.39, 0.29) is 11.6 Å². The summed E-state index contributed by atoms with van der Waals surface area (Å²) < 4.78 is 8.20. The Labute approximate surface area is 188 Å². The molecule has 33 heavy (non-hydrogen) atoms. The number of furan rings is 1. The van der Waals surface area contributed by atoms with Crippen molar-refractivity contribution in [1.29, 1.82) is 0 Å². The summed E-state index contributed by atoms with van der Waals surface area (Å²) in [6.45, 7) is 3.52. The molecule has 0 radical (unpaired) electrons. The second-order valence-corrected chi connectivity index (χ2v) is 7.85. The first-order valence-electron chi connectivity index (χ1n) is 10.4. The molecule has 9 nitrogen and oxygen atoms in total. The van der Waals surface area contributed by atoms with Crippen LogP contribution in [0.4, 0.5) is 11.6 Å². The number of para-hydroxylation sites is 2. The molecule has 3 heterocycles. The highest BCUT2D eigenvalue weighted by Crippen LogP contribution is 2.41. The number of nitro groups is 1. The van der Waals surface area contributed by atoms with Crippen LogP contribution in [0.5, 0.6) is 0 Å². The number of benzene rings is 2. The molecule has 1 aliphatic rings. The average molecular weight is 443 g/mol. The topological polar surface area (TPSA) is 115 Å². The molecule has 1 amide bonds. The number of aromatic nitrogens is 2. The van der Waals surface area contributed by atoms with Crippen molar-refractivity contribution in [1.82, 2.24) is 14.9 Å². The van der Waals surface area contributed by atoms with Gasteiger partial charge in [0.25, 0.3) is 11.6 Å². The summed E-state index contributed by atoms with van der Waals surface area (Å²) >= 11 is 0. The molecule has 0 unspecified atom stereocenters. The number of carbonyl (C=O) groups is 1. The summed E-state index contributed by atoms with van der Waals surface area (Å²) in [4.78, 5) is 28.6. The van der Waals surface area contributed by atoms with Crippen molar-refractivity contribution < 1.29 is 14.1 Å². The third-order valence-corrected chi connectivity index (χ3v) is 5.97. The highest BCUT2D eigenvalue weighted by Gasteiger charge is 2.35. The smallest absolute Gasteiger partial charge is 0.273 e. The van der Waals surface area contributed by atoms with Gasteiger partial charge in [-0.2, -0.15) is 0 Å². The molecule has 2 aromatic heterocycles. The number of nitrogens with zero attached hydrogens (tertiary/aromatic N) is 3. The van der Waals surface area contributed by atoms with E-state index in [1.54, 1.807) is 38.2 Å². The molecule has 1 aliphatic heterocycles. The Morgan fingerprint density at radius 2 is 1.94 bits per heavy atom. The second kappa shape index (κ2) is 7.63. The summed E-state index contributed by atoms with van der Waals surface area (Å²) in [5, 5.41) is 17.3. The van der Waals surface area contributed by atoms with Gasteiger partial charge in [0, 0.05) is 29.9 Å². The molecular formula is C24H21N5O4. The Bertz CT molecular complexity index is 1460. The number of likely N-dealkylation sites (N-methyl/N-ethyl adjacent to an activating group) is 1. The van der Waals surface area contributed by atoms with Crippen LogP contribution in [-0.2, 0) is 4.79 Å². The van der Waals surface area contributed by atoms with Gasteiger partial charge in [-0.25, -0.2) is 4.98 Å². The van der Waals surface area contributed by atoms with Crippen LogP contribution in [0.15, 0.2) is 70.3 Å². The van der Waals surface area contributed by atoms with E-state index in [1.807, 2.05) is 35.8 Å². The minimum Gasteiger partial charge on any atom is -0.458 e. The number of nitro benzene ring substituents is 1. The fourth-order valence-corrected chi connectivity index (χ4v) is 4.39. The van der Waals surface area contributed by atoms with E-state index in [1.165, 1.54) is 6.07 Å². The first-order chi connectivity index (χ1) is 15.9. The number of allylic oxidation sites excluding steroid dienone is 1. The van der Waals surface area contributed by atoms with Crippen molar-refractivity contribution in [3.8, 4) is 11.3 Å². The van der Waals surface area contributed by atoms with Gasteiger partial charge >= 0.3 is 0 Å². The molecule has 2 N–H and O–H groups in total. The molecule has 0 saturated carbocycles. The monoisotopic (exact) mass is 443 g/mol. The fourth-order valence-electron chi connectivity index (χ4n) is 4.39. The lowest BCUT2D eigenvalue weighted by Crippen LogP contribution is -2.32. The van der Waals surface area contributed by atoms with Crippen molar-refractivity contribution in [2.24, 2.45) is 0 Å². The van der Waals surface area contributed by atoms with E-state index in [0.29, 0.717) is 39.9 Å². The molecule has 0 bridgehead atoms. The summed E-state index contributed by atoms with van der Waals surface area (Å²) in [7, 11) is 1.58. The normalized spacial score (nSPS) is 15.3. The third-order valence-electron chi connectivity index (χ3n) is 5.97.